The lowest BCUT2D eigenvalue weighted by Crippen LogP contribution is -2.41. The normalized spacial score (nSPS) is 15.5. The van der Waals surface area contributed by atoms with E-state index in [2.05, 4.69) is 10.6 Å². The molecule has 9 heteroatoms. The van der Waals surface area contributed by atoms with E-state index >= 15 is 0 Å². The first-order chi connectivity index (χ1) is 14.8. The summed E-state index contributed by atoms with van der Waals surface area (Å²) in [6, 6.07) is 17.3. The number of carbonyl (C=O) groups is 2. The van der Waals surface area contributed by atoms with Crippen LogP contribution in [0.5, 0.6) is 0 Å². The van der Waals surface area contributed by atoms with Crippen molar-refractivity contribution in [2.45, 2.75) is 6.92 Å². The number of hydrogen-bond donors (Lipinski definition) is 2. The Morgan fingerprint density at radius 2 is 1.52 bits per heavy atom. The molecule has 1 aliphatic heterocycles. The quantitative estimate of drug-likeness (QED) is 0.650. The number of sulfonamides is 1. The third kappa shape index (κ3) is 4.37. The topological polar surface area (TPSA) is 105 Å². The first-order valence-corrected chi connectivity index (χ1v) is 11.2. The van der Waals surface area contributed by atoms with Gasteiger partial charge in [-0.05, 0) is 36.4 Å². The van der Waals surface area contributed by atoms with Crippen LogP contribution in [0.1, 0.15) is 17.3 Å². The van der Waals surface area contributed by atoms with Crippen LogP contribution in [0.4, 0.5) is 17.1 Å². The number of nitrogens with one attached hydrogen (secondary N) is 2. The van der Waals surface area contributed by atoms with Crippen molar-refractivity contribution in [3.63, 3.8) is 0 Å². The van der Waals surface area contributed by atoms with Crippen LogP contribution in [-0.2, 0) is 19.6 Å². The first kappa shape index (κ1) is 20.8. The zero-order valence-corrected chi connectivity index (χ0v) is 17.6. The van der Waals surface area contributed by atoms with E-state index in [1.54, 1.807) is 48.5 Å². The molecular formula is C22H21N3O5S. The molecule has 2 amide bonds. The molecule has 8 nitrogen and oxygen atoms in total. The monoisotopic (exact) mass is 439 g/mol. The van der Waals surface area contributed by atoms with Gasteiger partial charge in [-0.25, -0.2) is 8.42 Å². The average molecular weight is 439 g/mol. The Morgan fingerprint density at radius 3 is 2.10 bits per heavy atom. The minimum absolute atomic E-state index is 0.177. The molecule has 0 bridgehead atoms. The van der Waals surface area contributed by atoms with E-state index in [-0.39, 0.29) is 24.3 Å². The van der Waals surface area contributed by atoms with Crippen LogP contribution >= 0.6 is 0 Å². The highest BCUT2D eigenvalue weighted by Gasteiger charge is 2.26. The number of anilines is 3. The molecule has 0 atom stereocenters. The SMILES string of the molecule is CC(=O)Nc1cccc2c(NC(=O)c3ccc(N4CCOCS4(=O)=O)cc3)cccc12. The minimum Gasteiger partial charge on any atom is -0.362 e. The van der Waals surface area contributed by atoms with Crippen molar-refractivity contribution in [1.82, 2.24) is 0 Å². The first-order valence-electron chi connectivity index (χ1n) is 9.64. The van der Waals surface area contributed by atoms with Crippen LogP contribution in [0.15, 0.2) is 60.7 Å². The third-order valence-electron chi connectivity index (χ3n) is 4.91. The summed E-state index contributed by atoms with van der Waals surface area (Å²) in [5.74, 6) is -0.852. The summed E-state index contributed by atoms with van der Waals surface area (Å²) >= 11 is 0. The van der Waals surface area contributed by atoms with Gasteiger partial charge in [0.05, 0.1) is 18.8 Å². The van der Waals surface area contributed by atoms with Crippen LogP contribution in [0.25, 0.3) is 10.8 Å². The number of rotatable bonds is 4. The molecule has 4 rings (SSSR count). The Kier molecular flexibility index (Phi) is 5.62. The number of carbonyl (C=O) groups excluding carboxylic acids is 2. The fourth-order valence-electron chi connectivity index (χ4n) is 3.50. The van der Waals surface area contributed by atoms with E-state index in [0.29, 0.717) is 29.2 Å². The number of nitrogens with zero attached hydrogens (tertiary/aromatic N) is 1. The van der Waals surface area contributed by atoms with Gasteiger partial charge < -0.3 is 15.4 Å². The number of benzene rings is 3. The molecule has 0 saturated carbocycles. The molecule has 0 radical (unpaired) electrons. The van der Waals surface area contributed by atoms with E-state index in [0.717, 1.165) is 10.8 Å². The number of fused-ring (bicyclic) bond motifs is 1. The fourth-order valence-corrected chi connectivity index (χ4v) is 4.75. The van der Waals surface area contributed by atoms with E-state index < -0.39 is 10.0 Å². The molecule has 3 aromatic carbocycles. The Balaban J connectivity index is 1.57. The molecular weight excluding hydrogens is 418 g/mol. The predicted octanol–water partition coefficient (Wildman–Crippen LogP) is 3.17. The lowest BCUT2D eigenvalue weighted by Gasteiger charge is -2.28. The van der Waals surface area contributed by atoms with Crippen molar-refractivity contribution in [1.29, 1.82) is 0 Å². The van der Waals surface area contributed by atoms with Crippen molar-refractivity contribution in [3.8, 4) is 0 Å². The van der Waals surface area contributed by atoms with Gasteiger partial charge in [0.25, 0.3) is 15.9 Å². The van der Waals surface area contributed by atoms with Gasteiger partial charge in [0, 0.05) is 34.6 Å². The molecule has 1 fully saturated rings. The molecule has 2 N–H and O–H groups in total. The summed E-state index contributed by atoms with van der Waals surface area (Å²) in [5.41, 5.74) is 2.15. The summed E-state index contributed by atoms with van der Waals surface area (Å²) < 4.78 is 30.6. The Hall–Kier alpha value is -3.43. The lowest BCUT2D eigenvalue weighted by molar-refractivity contribution is -0.114. The molecule has 160 valence electrons. The maximum atomic E-state index is 12.8. The largest absolute Gasteiger partial charge is 0.362 e. The highest BCUT2D eigenvalue weighted by atomic mass is 32.2. The maximum absolute atomic E-state index is 12.8. The van der Waals surface area contributed by atoms with Crippen LogP contribution in [-0.4, -0.2) is 39.3 Å². The third-order valence-corrected chi connectivity index (χ3v) is 6.43. The van der Waals surface area contributed by atoms with Gasteiger partial charge in [0.2, 0.25) is 5.91 Å². The zero-order chi connectivity index (χ0) is 22.0. The molecule has 31 heavy (non-hydrogen) atoms. The molecule has 3 aromatic rings. The molecule has 1 saturated heterocycles. The van der Waals surface area contributed by atoms with Crippen LogP contribution in [0.3, 0.4) is 0 Å². The van der Waals surface area contributed by atoms with Gasteiger partial charge in [-0.2, -0.15) is 0 Å². The second-order valence-corrected chi connectivity index (χ2v) is 8.94. The number of hydrogen-bond acceptors (Lipinski definition) is 5. The highest BCUT2D eigenvalue weighted by Crippen LogP contribution is 2.30. The standard InChI is InChI=1S/C22H21N3O5S/c1-15(26)23-20-6-2-5-19-18(20)4-3-7-21(19)24-22(27)16-8-10-17(11-9-16)25-12-13-30-14-31(25,28)29/h2-11H,12-14H2,1H3,(H,23,26)(H,24,27). The summed E-state index contributed by atoms with van der Waals surface area (Å²) in [4.78, 5) is 24.3. The average Bonchev–Trinajstić information content (AvgIpc) is 2.74. The van der Waals surface area contributed by atoms with Gasteiger partial charge in [-0.1, -0.05) is 24.3 Å². The number of amides is 2. The van der Waals surface area contributed by atoms with E-state index in [1.807, 2.05) is 12.1 Å². The molecule has 0 spiro atoms. The lowest BCUT2D eigenvalue weighted by atomic mass is 10.1. The zero-order valence-electron chi connectivity index (χ0n) is 16.8. The van der Waals surface area contributed by atoms with Crippen molar-refractivity contribution < 1.29 is 22.7 Å². The van der Waals surface area contributed by atoms with Gasteiger partial charge in [-0.15, -0.1) is 0 Å². The van der Waals surface area contributed by atoms with Gasteiger partial charge in [0.15, 0.2) is 5.94 Å². The van der Waals surface area contributed by atoms with Crippen LogP contribution in [0.2, 0.25) is 0 Å². The van der Waals surface area contributed by atoms with Gasteiger partial charge >= 0.3 is 0 Å². The second-order valence-electron chi connectivity index (χ2n) is 7.10. The summed E-state index contributed by atoms with van der Waals surface area (Å²) in [7, 11) is -3.51. The molecule has 0 aromatic heterocycles. The van der Waals surface area contributed by atoms with Crippen molar-refractivity contribution >= 4 is 49.7 Å². The van der Waals surface area contributed by atoms with Crippen LogP contribution < -0.4 is 14.9 Å². The molecule has 0 unspecified atom stereocenters. The van der Waals surface area contributed by atoms with E-state index in [4.69, 9.17) is 4.74 Å². The fraction of sp³-hybridized carbons (Fsp3) is 0.182. The molecule has 0 aliphatic carbocycles. The van der Waals surface area contributed by atoms with Gasteiger partial charge in [-0.3, -0.25) is 13.9 Å². The second kappa shape index (κ2) is 8.37. The van der Waals surface area contributed by atoms with Crippen LogP contribution in [0, 0.1) is 0 Å². The number of ether oxygens (including phenoxy) is 1. The highest BCUT2D eigenvalue weighted by molar-refractivity contribution is 7.92. The smallest absolute Gasteiger partial charge is 0.259 e. The summed E-state index contributed by atoms with van der Waals surface area (Å²) in [6.45, 7) is 2.00. The van der Waals surface area contributed by atoms with Crippen molar-refractivity contribution in [3.05, 3.63) is 66.2 Å². The molecule has 1 aliphatic rings. The van der Waals surface area contributed by atoms with Crippen molar-refractivity contribution in [2.75, 3.05) is 34.0 Å². The van der Waals surface area contributed by atoms with Gasteiger partial charge in [0.1, 0.15) is 0 Å². The predicted molar refractivity (Wildman–Crippen MR) is 120 cm³/mol. The molecule has 1 heterocycles. The minimum atomic E-state index is -3.51. The van der Waals surface area contributed by atoms with E-state index in [9.17, 15) is 18.0 Å². The Bertz CT molecular complexity index is 1260. The Morgan fingerprint density at radius 1 is 0.903 bits per heavy atom. The maximum Gasteiger partial charge on any atom is 0.259 e. The summed E-state index contributed by atoms with van der Waals surface area (Å²) in [6.07, 6.45) is 0. The van der Waals surface area contributed by atoms with Crippen molar-refractivity contribution in [2.24, 2.45) is 0 Å². The van der Waals surface area contributed by atoms with E-state index in [1.165, 1.54) is 11.2 Å². The summed E-state index contributed by atoms with van der Waals surface area (Å²) in [5, 5.41) is 7.28. The Labute approximate surface area is 179 Å².